The Morgan fingerprint density at radius 2 is 1.43 bits per heavy atom. The summed E-state index contributed by atoms with van der Waals surface area (Å²) in [4.78, 5) is 15.0. The number of halogens is 4. The minimum Gasteiger partial charge on any atom is -0.423 e. The highest BCUT2D eigenvalue weighted by Crippen LogP contribution is 2.34. The van der Waals surface area contributed by atoms with Gasteiger partial charge in [-0.15, -0.1) is 10.2 Å². The van der Waals surface area contributed by atoms with E-state index >= 15 is 0 Å². The molecule has 0 N–H and O–H groups in total. The fourth-order valence-electron chi connectivity index (χ4n) is 4.36. The van der Waals surface area contributed by atoms with Crippen molar-refractivity contribution in [3.63, 3.8) is 0 Å². The lowest BCUT2D eigenvalue weighted by Gasteiger charge is -2.17. The van der Waals surface area contributed by atoms with E-state index in [4.69, 9.17) is 23.1 Å². The number of fused-ring (bicyclic) bond motifs is 2. The molecule has 0 aliphatic heterocycles. The summed E-state index contributed by atoms with van der Waals surface area (Å²) >= 11 is 1.84. The van der Waals surface area contributed by atoms with Crippen LogP contribution in [-0.4, -0.2) is 28.2 Å². The van der Waals surface area contributed by atoms with E-state index in [0.29, 0.717) is 11.8 Å². The number of aromatic nitrogens is 1. The number of thiazole rings is 1. The smallest absolute Gasteiger partial charge is 0.417 e. The summed E-state index contributed by atoms with van der Waals surface area (Å²) in [5.41, 5.74) is 2.35. The van der Waals surface area contributed by atoms with Gasteiger partial charge in [0, 0.05) is 69.2 Å². The van der Waals surface area contributed by atoms with E-state index in [-0.39, 0.29) is 11.0 Å². The molecule has 250 valence electrons. The van der Waals surface area contributed by atoms with Crippen LogP contribution in [0.3, 0.4) is 0 Å². The Hall–Kier alpha value is -4.24. The third kappa shape index (κ3) is 11.2. The summed E-state index contributed by atoms with van der Waals surface area (Å²) in [6.45, 7) is 3.18. The lowest BCUT2D eigenvalue weighted by Crippen LogP contribution is -2.68. The molecule has 0 unspecified atom stereocenters. The maximum absolute atomic E-state index is 12.8. The lowest BCUT2D eigenvalue weighted by atomic mass is 10.1. The molecule has 9 nitrogen and oxygen atoms in total. The predicted molar refractivity (Wildman–Crippen MR) is 168 cm³/mol. The van der Waals surface area contributed by atoms with E-state index < -0.39 is 27.6 Å². The van der Waals surface area contributed by atoms with Crippen LogP contribution in [0.5, 0.6) is 0 Å². The molecule has 0 atom stereocenters. The van der Waals surface area contributed by atoms with E-state index in [9.17, 15) is 18.0 Å². The molecule has 5 rings (SSSR count). The summed E-state index contributed by atoms with van der Waals surface area (Å²) in [6.07, 6.45) is 3.98. The molecule has 0 saturated carbocycles. The Bertz CT molecular complexity index is 1890. The molecular formula is C33H33ClF3N3O6S. The number of para-hydroxylation sites is 1. The molecule has 0 saturated heterocycles. The van der Waals surface area contributed by atoms with Gasteiger partial charge in [-0.3, -0.25) is 0 Å². The van der Waals surface area contributed by atoms with Gasteiger partial charge in [0.2, 0.25) is 5.52 Å². The molecule has 0 aliphatic rings. The lowest BCUT2D eigenvalue weighted by molar-refractivity contribution is -2.00. The van der Waals surface area contributed by atoms with E-state index in [1.807, 2.05) is 11.3 Å². The van der Waals surface area contributed by atoms with Crippen molar-refractivity contribution in [1.29, 1.82) is 0 Å². The van der Waals surface area contributed by atoms with Crippen molar-refractivity contribution < 1.29 is 51.0 Å². The number of aryl methyl sites for hydroxylation is 1. The number of rotatable bonds is 6. The van der Waals surface area contributed by atoms with Crippen molar-refractivity contribution in [2.24, 2.45) is 0 Å². The molecule has 0 aliphatic carbocycles. The number of alkyl halides is 3. The van der Waals surface area contributed by atoms with Gasteiger partial charge in [0.15, 0.2) is 0 Å². The largest absolute Gasteiger partial charge is 0.423 e. The van der Waals surface area contributed by atoms with Crippen molar-refractivity contribution in [2.75, 3.05) is 38.0 Å². The number of benzene rings is 3. The molecule has 47 heavy (non-hydrogen) atoms. The molecular weight excluding hydrogens is 659 g/mol. The fourth-order valence-corrected chi connectivity index (χ4v) is 5.49. The van der Waals surface area contributed by atoms with Crippen LogP contribution >= 0.6 is 11.3 Å². The molecule has 0 radical (unpaired) electrons. The Morgan fingerprint density at radius 3 is 2.00 bits per heavy atom. The average Bonchev–Trinajstić information content (AvgIpc) is 3.35. The number of nitrogens with zero attached hydrogens (tertiary/aromatic N) is 3. The maximum Gasteiger partial charge on any atom is 0.417 e. The number of hydrogen-bond acceptors (Lipinski definition) is 9. The second kappa shape index (κ2) is 16.0. The van der Waals surface area contributed by atoms with Crippen molar-refractivity contribution in [3.8, 4) is 0 Å². The first-order valence-electron chi connectivity index (χ1n) is 14.0. The third-order valence-corrected chi connectivity index (χ3v) is 7.68. The topological polar surface area (TPSA) is 133 Å². The van der Waals surface area contributed by atoms with Crippen LogP contribution in [-0.2, 0) is 12.7 Å². The molecule has 0 spiro atoms. The molecule has 0 fully saturated rings. The normalized spacial score (nSPS) is 11.8. The van der Waals surface area contributed by atoms with Gasteiger partial charge in [0.1, 0.15) is 16.8 Å². The Morgan fingerprint density at radius 1 is 0.851 bits per heavy atom. The minimum atomic E-state index is -4.94. The van der Waals surface area contributed by atoms with Crippen LogP contribution in [0.4, 0.5) is 24.5 Å². The van der Waals surface area contributed by atoms with Gasteiger partial charge < -0.3 is 14.2 Å². The third-order valence-electron chi connectivity index (χ3n) is 6.55. The van der Waals surface area contributed by atoms with Gasteiger partial charge >= 0.3 is 11.8 Å². The molecule has 2 heterocycles. The van der Waals surface area contributed by atoms with Crippen molar-refractivity contribution in [3.05, 3.63) is 112 Å². The van der Waals surface area contributed by atoms with Crippen molar-refractivity contribution >= 4 is 56.0 Å². The summed E-state index contributed by atoms with van der Waals surface area (Å²) in [5.74, 6) is 0. The van der Waals surface area contributed by atoms with Gasteiger partial charge in [0.25, 0.3) is 5.01 Å². The highest BCUT2D eigenvalue weighted by Gasteiger charge is 2.33. The Kier molecular flexibility index (Phi) is 12.7. The molecule has 5 aromatic rings. The summed E-state index contributed by atoms with van der Waals surface area (Å²) in [5, 5.41) is 1.17. The van der Waals surface area contributed by atoms with E-state index in [1.54, 1.807) is 19.0 Å². The van der Waals surface area contributed by atoms with Gasteiger partial charge in [0.05, 0.1) is 5.56 Å². The minimum absolute atomic E-state index is 0.0685. The van der Waals surface area contributed by atoms with Gasteiger partial charge in [-0.2, -0.15) is 17.7 Å². The molecule has 0 bridgehead atoms. The first kappa shape index (κ1) is 37.2. The van der Waals surface area contributed by atoms with Gasteiger partial charge in [-0.1, -0.05) is 53.8 Å². The number of hydrogen-bond donors (Lipinski definition) is 0. The van der Waals surface area contributed by atoms with Gasteiger partial charge in [-0.25, -0.2) is 23.4 Å². The van der Waals surface area contributed by atoms with Crippen LogP contribution < -0.4 is 38.6 Å². The quantitative estimate of drug-likeness (QED) is 0.151. The van der Waals surface area contributed by atoms with Gasteiger partial charge in [-0.05, 0) is 42.8 Å². The summed E-state index contributed by atoms with van der Waals surface area (Å²) in [6, 6.07) is 21.9. The van der Waals surface area contributed by atoms with Crippen molar-refractivity contribution in [2.45, 2.75) is 19.6 Å². The van der Waals surface area contributed by atoms with E-state index in [2.05, 4.69) is 103 Å². The van der Waals surface area contributed by atoms with Crippen LogP contribution in [0, 0.1) is 10.2 Å². The second-order valence-electron chi connectivity index (χ2n) is 10.3. The molecule has 2 aromatic heterocycles. The fraction of sp³-hybridized carbons (Fsp3) is 0.212. The van der Waals surface area contributed by atoms with Crippen LogP contribution in [0.25, 0.3) is 33.3 Å². The SMILES string of the molecule is CC[n+]1c(C=CC=Cc2ccc(N(C)C)cc2)sc2ccccc21.CN(C)c1ccc2c(C(F)(F)F)cc(=O)oc2c1.[O-][Cl+3]([O-])([O-])[O-]. The maximum atomic E-state index is 12.8. The van der Waals surface area contributed by atoms with E-state index in [0.717, 1.165) is 6.54 Å². The molecule has 3 aromatic carbocycles. The second-order valence-corrected chi connectivity index (χ2v) is 12.1. The van der Waals surface area contributed by atoms with E-state index in [1.165, 1.54) is 44.7 Å². The Balaban J connectivity index is 0.000000230. The van der Waals surface area contributed by atoms with Crippen molar-refractivity contribution in [1.82, 2.24) is 0 Å². The zero-order valence-corrected chi connectivity index (χ0v) is 27.7. The zero-order valence-electron chi connectivity index (χ0n) is 26.2. The first-order valence-corrected chi connectivity index (χ1v) is 16.0. The molecule has 0 amide bonds. The van der Waals surface area contributed by atoms with Crippen LogP contribution in [0.2, 0.25) is 0 Å². The zero-order chi connectivity index (χ0) is 34.9. The summed E-state index contributed by atoms with van der Waals surface area (Å²) < 4.78 is 80.8. The Labute approximate surface area is 275 Å². The first-order chi connectivity index (χ1) is 22.0. The highest BCUT2D eigenvalue weighted by atomic mass is 35.7. The number of anilines is 2. The standard InChI is InChI=1S/C21H23N2S.C12H10F3NO2.ClHO4/c1-4-23-19-10-6-7-11-20(19)24-21(23)12-8-5-9-17-13-15-18(16-14-17)22(2)3;1-16(2)7-3-4-8-9(12(13,14)15)6-11(17)18-10(8)5-7;2-1(3,4)5/h5-16H,4H2,1-3H3;3-6H,1-2H3;(H,2,3,4,5)/q+1;;/p-1. The summed E-state index contributed by atoms with van der Waals surface area (Å²) in [7, 11) is 2.66. The number of allylic oxidation sites excluding steroid dienone is 2. The predicted octanol–water partition coefficient (Wildman–Crippen LogP) is 3.12. The highest BCUT2D eigenvalue weighted by molar-refractivity contribution is 7.18. The monoisotopic (exact) mass is 691 g/mol. The van der Waals surface area contributed by atoms with Crippen LogP contribution in [0.1, 0.15) is 23.1 Å². The van der Waals surface area contributed by atoms with Crippen LogP contribution in [0.15, 0.2) is 94.2 Å². The average molecular weight is 692 g/mol. The molecule has 14 heteroatoms.